The summed E-state index contributed by atoms with van der Waals surface area (Å²) in [7, 11) is 0. The van der Waals surface area contributed by atoms with Crippen LogP contribution in [0.5, 0.6) is 11.6 Å². The van der Waals surface area contributed by atoms with E-state index in [1.54, 1.807) is 19.9 Å². The molecule has 0 amide bonds. The fourth-order valence-corrected chi connectivity index (χ4v) is 1.65. The molecule has 7 nitrogen and oxygen atoms in total. The Morgan fingerprint density at radius 2 is 2.00 bits per heavy atom. The van der Waals surface area contributed by atoms with Crippen molar-refractivity contribution in [1.29, 1.82) is 0 Å². The van der Waals surface area contributed by atoms with Crippen molar-refractivity contribution >= 4 is 11.5 Å². The van der Waals surface area contributed by atoms with Gasteiger partial charge in [0.2, 0.25) is 5.88 Å². The lowest BCUT2D eigenvalue weighted by atomic mass is 10.1. The molecule has 0 fully saturated rings. The van der Waals surface area contributed by atoms with Gasteiger partial charge >= 0.3 is 0 Å². The molecule has 0 radical (unpaired) electrons. The van der Waals surface area contributed by atoms with Crippen molar-refractivity contribution in [3.05, 3.63) is 45.8 Å². The van der Waals surface area contributed by atoms with Crippen molar-refractivity contribution in [2.75, 3.05) is 5.73 Å². The quantitative estimate of drug-likeness (QED) is 0.671. The number of ether oxygens (including phenoxy) is 1. The maximum Gasteiger partial charge on any atom is 0.276 e. The van der Waals surface area contributed by atoms with Crippen LogP contribution < -0.4 is 10.5 Å². The first-order chi connectivity index (χ1) is 8.97. The summed E-state index contributed by atoms with van der Waals surface area (Å²) >= 11 is 0. The average Bonchev–Trinajstić information content (AvgIpc) is 2.32. The minimum atomic E-state index is -0.452. The largest absolute Gasteiger partial charge is 0.437 e. The highest BCUT2D eigenvalue weighted by atomic mass is 16.6. The lowest BCUT2D eigenvalue weighted by molar-refractivity contribution is -0.385. The van der Waals surface area contributed by atoms with Crippen LogP contribution in [-0.4, -0.2) is 14.9 Å². The van der Waals surface area contributed by atoms with Gasteiger partial charge in [-0.3, -0.25) is 15.1 Å². The van der Waals surface area contributed by atoms with Gasteiger partial charge in [0.25, 0.3) is 5.69 Å². The first-order valence-electron chi connectivity index (χ1n) is 5.48. The molecule has 2 aromatic rings. The van der Waals surface area contributed by atoms with Gasteiger partial charge in [0.05, 0.1) is 23.4 Å². The zero-order valence-corrected chi connectivity index (χ0v) is 10.5. The molecular weight excluding hydrogens is 248 g/mol. The topological polar surface area (TPSA) is 104 Å². The summed E-state index contributed by atoms with van der Waals surface area (Å²) in [5, 5.41) is 10.9. The molecule has 19 heavy (non-hydrogen) atoms. The summed E-state index contributed by atoms with van der Waals surface area (Å²) in [5.41, 5.74) is 6.84. The molecule has 0 unspecified atom stereocenters. The summed E-state index contributed by atoms with van der Waals surface area (Å²) in [6.45, 7) is 3.47. The molecule has 1 heterocycles. The van der Waals surface area contributed by atoms with Crippen LogP contribution >= 0.6 is 0 Å². The van der Waals surface area contributed by atoms with Crippen molar-refractivity contribution in [2.24, 2.45) is 0 Å². The Morgan fingerprint density at radius 1 is 1.26 bits per heavy atom. The minimum absolute atomic E-state index is 0.00235. The number of benzene rings is 1. The highest BCUT2D eigenvalue weighted by molar-refractivity contribution is 5.50. The lowest BCUT2D eigenvalue weighted by Crippen LogP contribution is -1.98. The lowest BCUT2D eigenvalue weighted by Gasteiger charge is -2.09. The third kappa shape index (κ3) is 2.76. The molecule has 2 rings (SSSR count). The second kappa shape index (κ2) is 4.89. The van der Waals surface area contributed by atoms with Gasteiger partial charge in [-0.2, -0.15) is 4.98 Å². The number of aromatic nitrogens is 2. The van der Waals surface area contributed by atoms with E-state index in [0.717, 1.165) is 5.56 Å². The molecule has 2 N–H and O–H groups in total. The van der Waals surface area contributed by atoms with Gasteiger partial charge in [0.15, 0.2) is 0 Å². The molecular formula is C12H12N4O3. The van der Waals surface area contributed by atoms with Gasteiger partial charge < -0.3 is 10.5 Å². The Morgan fingerprint density at radius 3 is 2.63 bits per heavy atom. The highest BCUT2D eigenvalue weighted by Crippen LogP contribution is 2.30. The third-order valence-electron chi connectivity index (χ3n) is 2.54. The maximum absolute atomic E-state index is 10.9. The molecule has 0 atom stereocenters. The standard InChI is InChI=1S/C12H12N4O3/c1-7-3-8(2)10(4-9(7)16(17)18)19-12-6-14-5-11(13)15-12/h3-6H,1-2H3,(H2,13,15). The van der Waals surface area contributed by atoms with Gasteiger partial charge in [0, 0.05) is 5.56 Å². The minimum Gasteiger partial charge on any atom is -0.437 e. The van der Waals surface area contributed by atoms with Crippen LogP contribution in [-0.2, 0) is 0 Å². The van der Waals surface area contributed by atoms with Crippen LogP contribution in [0.1, 0.15) is 11.1 Å². The van der Waals surface area contributed by atoms with Crippen molar-refractivity contribution in [3.63, 3.8) is 0 Å². The van der Waals surface area contributed by atoms with Crippen LogP contribution in [0.2, 0.25) is 0 Å². The number of aryl methyl sites for hydroxylation is 2. The third-order valence-corrected chi connectivity index (χ3v) is 2.54. The molecule has 1 aromatic carbocycles. The van der Waals surface area contributed by atoms with E-state index in [0.29, 0.717) is 11.3 Å². The SMILES string of the molecule is Cc1cc(C)c([N+](=O)[O-])cc1Oc1cncc(N)n1. The molecule has 0 aliphatic heterocycles. The van der Waals surface area contributed by atoms with Crippen molar-refractivity contribution in [3.8, 4) is 11.6 Å². The molecule has 0 saturated carbocycles. The van der Waals surface area contributed by atoms with Crippen LogP contribution in [0, 0.1) is 24.0 Å². The molecule has 0 bridgehead atoms. The summed E-state index contributed by atoms with van der Waals surface area (Å²) in [6.07, 6.45) is 2.78. The van der Waals surface area contributed by atoms with E-state index < -0.39 is 4.92 Å². The molecule has 7 heteroatoms. The molecule has 0 saturated heterocycles. The Balaban J connectivity index is 2.40. The van der Waals surface area contributed by atoms with E-state index >= 15 is 0 Å². The number of nitrogens with two attached hydrogens (primary N) is 1. The summed E-state index contributed by atoms with van der Waals surface area (Å²) in [6, 6.07) is 3.06. The van der Waals surface area contributed by atoms with E-state index in [1.165, 1.54) is 18.5 Å². The number of rotatable bonds is 3. The normalized spacial score (nSPS) is 10.2. The highest BCUT2D eigenvalue weighted by Gasteiger charge is 2.15. The van der Waals surface area contributed by atoms with Crippen molar-refractivity contribution in [2.45, 2.75) is 13.8 Å². The number of nitro benzene ring substituents is 1. The molecule has 0 spiro atoms. The second-order valence-electron chi connectivity index (χ2n) is 4.05. The van der Waals surface area contributed by atoms with Crippen LogP contribution in [0.15, 0.2) is 24.5 Å². The van der Waals surface area contributed by atoms with Crippen molar-refractivity contribution in [1.82, 2.24) is 9.97 Å². The predicted octanol–water partition coefficient (Wildman–Crippen LogP) is 2.38. The number of nitrogen functional groups attached to an aromatic ring is 1. The summed E-state index contributed by atoms with van der Waals surface area (Å²) < 4.78 is 5.48. The second-order valence-corrected chi connectivity index (χ2v) is 4.05. The molecule has 98 valence electrons. The monoisotopic (exact) mass is 260 g/mol. The van der Waals surface area contributed by atoms with E-state index in [4.69, 9.17) is 10.5 Å². The van der Waals surface area contributed by atoms with Crippen molar-refractivity contribution < 1.29 is 9.66 Å². The number of hydrogen-bond acceptors (Lipinski definition) is 6. The number of hydrogen-bond donors (Lipinski definition) is 1. The zero-order valence-electron chi connectivity index (χ0n) is 10.5. The zero-order chi connectivity index (χ0) is 14.0. The smallest absolute Gasteiger partial charge is 0.276 e. The fourth-order valence-electron chi connectivity index (χ4n) is 1.65. The summed E-state index contributed by atoms with van der Waals surface area (Å²) in [5.74, 6) is 0.773. The first-order valence-corrected chi connectivity index (χ1v) is 5.48. The predicted molar refractivity (Wildman–Crippen MR) is 69.1 cm³/mol. The molecule has 0 aliphatic rings. The number of anilines is 1. The Kier molecular flexibility index (Phi) is 3.28. The average molecular weight is 260 g/mol. The van der Waals surface area contributed by atoms with Crippen LogP contribution in [0.4, 0.5) is 11.5 Å². The van der Waals surface area contributed by atoms with E-state index in [-0.39, 0.29) is 17.4 Å². The number of nitrogens with zero attached hydrogens (tertiary/aromatic N) is 3. The molecule has 1 aromatic heterocycles. The Bertz CT molecular complexity index is 643. The first kappa shape index (κ1) is 12.7. The maximum atomic E-state index is 10.9. The van der Waals surface area contributed by atoms with Gasteiger partial charge in [-0.15, -0.1) is 0 Å². The fraction of sp³-hybridized carbons (Fsp3) is 0.167. The van der Waals surface area contributed by atoms with Gasteiger partial charge in [-0.25, -0.2) is 0 Å². The van der Waals surface area contributed by atoms with E-state index in [2.05, 4.69) is 9.97 Å². The van der Waals surface area contributed by atoms with E-state index in [9.17, 15) is 10.1 Å². The van der Waals surface area contributed by atoms with Crippen LogP contribution in [0.25, 0.3) is 0 Å². The number of nitro groups is 1. The van der Waals surface area contributed by atoms with Crippen LogP contribution in [0.3, 0.4) is 0 Å². The van der Waals surface area contributed by atoms with Gasteiger partial charge in [0.1, 0.15) is 11.6 Å². The van der Waals surface area contributed by atoms with Gasteiger partial charge in [-0.1, -0.05) is 0 Å². The Hall–Kier alpha value is -2.70. The van der Waals surface area contributed by atoms with Gasteiger partial charge in [-0.05, 0) is 25.5 Å². The summed E-state index contributed by atoms with van der Waals surface area (Å²) in [4.78, 5) is 18.2. The Labute approximate surface area is 109 Å². The van der Waals surface area contributed by atoms with E-state index in [1.807, 2.05) is 0 Å². The molecule has 0 aliphatic carbocycles.